The van der Waals surface area contributed by atoms with E-state index in [-0.39, 0.29) is 11.4 Å². The van der Waals surface area contributed by atoms with Gasteiger partial charge >= 0.3 is 0 Å². The van der Waals surface area contributed by atoms with Crippen molar-refractivity contribution >= 4 is 5.90 Å². The van der Waals surface area contributed by atoms with Gasteiger partial charge in [-0.15, -0.1) is 0 Å². The quantitative estimate of drug-likeness (QED) is 0.753. The summed E-state index contributed by atoms with van der Waals surface area (Å²) in [7, 11) is 0. The normalized spacial score (nSPS) is 17.6. The van der Waals surface area contributed by atoms with Crippen LogP contribution in [0.4, 0.5) is 4.39 Å². The van der Waals surface area contributed by atoms with Gasteiger partial charge in [0.25, 0.3) is 0 Å². The minimum Gasteiger partial charge on any atom is -0.475 e. The van der Waals surface area contributed by atoms with Gasteiger partial charge in [0.2, 0.25) is 5.90 Å². The number of allylic oxidation sites excluding steroid dienone is 2. The van der Waals surface area contributed by atoms with Crippen LogP contribution in [0.3, 0.4) is 0 Å². The molecular formula is C16H20FNO. The van der Waals surface area contributed by atoms with Crippen LogP contribution in [0.2, 0.25) is 0 Å². The molecule has 0 aromatic heterocycles. The Kier molecular flexibility index (Phi) is 4.03. The third-order valence-corrected chi connectivity index (χ3v) is 3.07. The number of aliphatic imine (C=N–C) groups is 1. The summed E-state index contributed by atoms with van der Waals surface area (Å²) in [6.07, 6.45) is 5.87. The van der Waals surface area contributed by atoms with Gasteiger partial charge in [0, 0.05) is 0 Å². The molecule has 0 saturated heterocycles. The van der Waals surface area contributed by atoms with Crippen LogP contribution in [-0.4, -0.2) is 18.0 Å². The number of aryl methyl sites for hydroxylation is 1. The lowest BCUT2D eigenvalue weighted by atomic mass is 10.1. The van der Waals surface area contributed by atoms with Gasteiger partial charge in [-0.1, -0.05) is 18.2 Å². The van der Waals surface area contributed by atoms with E-state index >= 15 is 0 Å². The molecule has 1 aliphatic heterocycles. The molecule has 0 spiro atoms. The molecule has 1 heterocycles. The lowest BCUT2D eigenvalue weighted by molar-refractivity contribution is 0.279. The molecule has 1 aliphatic rings. The van der Waals surface area contributed by atoms with E-state index in [0.29, 0.717) is 18.1 Å². The van der Waals surface area contributed by atoms with Crippen molar-refractivity contribution in [2.75, 3.05) is 6.61 Å². The molecule has 0 amide bonds. The third kappa shape index (κ3) is 3.43. The fourth-order valence-corrected chi connectivity index (χ4v) is 2.03. The van der Waals surface area contributed by atoms with Crippen molar-refractivity contribution in [2.24, 2.45) is 4.99 Å². The lowest BCUT2D eigenvalue weighted by Gasteiger charge is -2.07. The third-order valence-electron chi connectivity index (χ3n) is 3.07. The van der Waals surface area contributed by atoms with Crippen LogP contribution in [0.1, 0.15) is 38.3 Å². The molecule has 2 nitrogen and oxygen atoms in total. The molecule has 0 fully saturated rings. The average Bonchev–Trinajstić information content (AvgIpc) is 2.70. The van der Waals surface area contributed by atoms with Gasteiger partial charge < -0.3 is 4.74 Å². The van der Waals surface area contributed by atoms with Crippen LogP contribution < -0.4 is 0 Å². The Labute approximate surface area is 114 Å². The second-order valence-electron chi connectivity index (χ2n) is 5.44. The largest absolute Gasteiger partial charge is 0.475 e. The summed E-state index contributed by atoms with van der Waals surface area (Å²) in [5.41, 5.74) is 1.20. The second kappa shape index (κ2) is 5.55. The predicted molar refractivity (Wildman–Crippen MR) is 76.1 cm³/mol. The first-order valence-electron chi connectivity index (χ1n) is 6.64. The molecular weight excluding hydrogens is 241 g/mol. The number of rotatable bonds is 4. The van der Waals surface area contributed by atoms with E-state index in [1.54, 1.807) is 12.1 Å². The molecule has 1 aromatic rings. The minimum atomic E-state index is -0.258. The Morgan fingerprint density at radius 1 is 1.42 bits per heavy atom. The molecule has 0 bridgehead atoms. The van der Waals surface area contributed by atoms with Gasteiger partial charge in [-0.2, -0.15) is 0 Å². The van der Waals surface area contributed by atoms with Crippen LogP contribution in [-0.2, 0) is 11.2 Å². The van der Waals surface area contributed by atoms with Crippen molar-refractivity contribution < 1.29 is 9.13 Å². The lowest BCUT2D eigenvalue weighted by Crippen LogP contribution is -2.17. The van der Waals surface area contributed by atoms with E-state index in [1.807, 2.05) is 32.9 Å². The maximum absolute atomic E-state index is 14.1. The maximum atomic E-state index is 14.1. The van der Waals surface area contributed by atoms with Gasteiger partial charge in [-0.25, -0.2) is 9.38 Å². The van der Waals surface area contributed by atoms with Crippen molar-refractivity contribution in [3.05, 3.63) is 47.3 Å². The van der Waals surface area contributed by atoms with Gasteiger partial charge in [-0.05, 0) is 51.3 Å². The first kappa shape index (κ1) is 13.8. The number of benzene rings is 1. The molecule has 1 aromatic carbocycles. The van der Waals surface area contributed by atoms with Crippen molar-refractivity contribution in [1.29, 1.82) is 0 Å². The van der Waals surface area contributed by atoms with E-state index in [9.17, 15) is 4.39 Å². The van der Waals surface area contributed by atoms with E-state index in [2.05, 4.69) is 11.1 Å². The number of hydrogen-bond donors (Lipinski definition) is 0. The predicted octanol–water partition coefficient (Wildman–Crippen LogP) is 3.89. The highest BCUT2D eigenvalue weighted by Crippen LogP contribution is 2.22. The average molecular weight is 261 g/mol. The number of ether oxygens (including phenoxy) is 1. The minimum absolute atomic E-state index is 0.255. The van der Waals surface area contributed by atoms with E-state index in [0.717, 1.165) is 18.4 Å². The zero-order valence-electron chi connectivity index (χ0n) is 11.7. The summed E-state index contributed by atoms with van der Waals surface area (Å²) in [6.45, 7) is 6.44. The maximum Gasteiger partial charge on any atom is 0.219 e. The molecule has 3 heteroatoms. The molecule has 0 unspecified atom stereocenters. The van der Waals surface area contributed by atoms with E-state index in [1.165, 1.54) is 0 Å². The highest BCUT2D eigenvalue weighted by atomic mass is 19.1. The summed E-state index contributed by atoms with van der Waals surface area (Å²) in [5.74, 6) is 0.164. The summed E-state index contributed by atoms with van der Waals surface area (Å²) in [5, 5.41) is 0. The van der Waals surface area contributed by atoms with E-state index < -0.39 is 0 Å². The number of halogens is 1. The zero-order chi connectivity index (χ0) is 13.9. The zero-order valence-corrected chi connectivity index (χ0v) is 11.7. The van der Waals surface area contributed by atoms with Gasteiger partial charge in [0.1, 0.15) is 12.4 Å². The molecule has 2 rings (SSSR count). The fourth-order valence-electron chi connectivity index (χ4n) is 2.03. The van der Waals surface area contributed by atoms with Crippen molar-refractivity contribution in [2.45, 2.75) is 39.2 Å². The Bertz CT molecular complexity index is 517. The SMILES string of the molecule is CC=CCCc1ccc(C2=NC(C)(C)CO2)c(F)c1. The molecule has 0 saturated carbocycles. The fraction of sp³-hybridized carbons (Fsp3) is 0.438. The molecule has 102 valence electrons. The Morgan fingerprint density at radius 2 is 2.21 bits per heavy atom. The van der Waals surface area contributed by atoms with Crippen LogP contribution in [0.15, 0.2) is 35.3 Å². The van der Waals surface area contributed by atoms with Gasteiger partial charge in [0.15, 0.2) is 0 Å². The Balaban J connectivity index is 2.16. The molecule has 0 N–H and O–H groups in total. The number of nitrogens with zero attached hydrogens (tertiary/aromatic N) is 1. The topological polar surface area (TPSA) is 21.6 Å². The summed E-state index contributed by atoms with van der Waals surface area (Å²) >= 11 is 0. The van der Waals surface area contributed by atoms with Crippen LogP contribution in [0.5, 0.6) is 0 Å². The smallest absolute Gasteiger partial charge is 0.219 e. The molecule has 0 atom stereocenters. The Morgan fingerprint density at radius 3 is 2.79 bits per heavy atom. The highest BCUT2D eigenvalue weighted by molar-refractivity contribution is 5.95. The van der Waals surface area contributed by atoms with Crippen LogP contribution in [0, 0.1) is 5.82 Å². The van der Waals surface area contributed by atoms with Crippen LogP contribution >= 0.6 is 0 Å². The molecule has 0 aliphatic carbocycles. The first-order valence-corrected chi connectivity index (χ1v) is 6.64. The van der Waals surface area contributed by atoms with Crippen LogP contribution in [0.25, 0.3) is 0 Å². The van der Waals surface area contributed by atoms with Crippen molar-refractivity contribution in [3.8, 4) is 0 Å². The van der Waals surface area contributed by atoms with Crippen molar-refractivity contribution in [1.82, 2.24) is 0 Å². The number of hydrogen-bond acceptors (Lipinski definition) is 2. The summed E-state index contributed by atoms with van der Waals surface area (Å²) in [6, 6.07) is 5.29. The van der Waals surface area contributed by atoms with E-state index in [4.69, 9.17) is 4.74 Å². The second-order valence-corrected chi connectivity index (χ2v) is 5.44. The van der Waals surface area contributed by atoms with Crippen molar-refractivity contribution in [3.63, 3.8) is 0 Å². The molecule has 0 radical (unpaired) electrons. The first-order chi connectivity index (χ1) is 9.02. The Hall–Kier alpha value is -1.64. The van der Waals surface area contributed by atoms with Gasteiger partial charge in [-0.3, -0.25) is 0 Å². The summed E-state index contributed by atoms with van der Waals surface area (Å²) < 4.78 is 19.6. The monoisotopic (exact) mass is 261 g/mol. The highest BCUT2D eigenvalue weighted by Gasteiger charge is 2.28. The standard InChI is InChI=1S/C16H20FNO/c1-4-5-6-7-12-8-9-13(14(17)10-12)15-18-16(2,3)11-19-15/h4-5,8-10H,6-7,11H2,1-3H3. The summed E-state index contributed by atoms with van der Waals surface area (Å²) in [4.78, 5) is 4.40. The van der Waals surface area contributed by atoms with Gasteiger partial charge in [0.05, 0.1) is 11.1 Å². The molecule has 19 heavy (non-hydrogen) atoms.